The fourth-order valence-electron chi connectivity index (χ4n) is 1.59. The van der Waals surface area contributed by atoms with E-state index in [4.69, 9.17) is 14.6 Å². The first kappa shape index (κ1) is 11.5. The molecule has 0 saturated carbocycles. The predicted octanol–water partition coefficient (Wildman–Crippen LogP) is 1.59. The zero-order chi connectivity index (χ0) is 12.3. The Kier molecular flexibility index (Phi) is 3.30. The van der Waals surface area contributed by atoms with E-state index in [2.05, 4.69) is 10.2 Å². The molecule has 0 amide bonds. The molecule has 90 valence electrons. The lowest BCUT2D eigenvalue weighted by molar-refractivity contribution is 0.276. The normalized spacial score (nSPS) is 10.3. The van der Waals surface area contributed by atoms with E-state index in [1.54, 1.807) is 20.3 Å². The van der Waals surface area contributed by atoms with Crippen molar-refractivity contribution in [2.24, 2.45) is 0 Å². The second-order valence-corrected chi connectivity index (χ2v) is 3.51. The summed E-state index contributed by atoms with van der Waals surface area (Å²) in [6, 6.07) is 7.34. The maximum atomic E-state index is 8.96. The van der Waals surface area contributed by atoms with Crippen LogP contribution in [0.5, 0.6) is 11.5 Å². The van der Waals surface area contributed by atoms with Gasteiger partial charge in [0, 0.05) is 5.56 Å². The summed E-state index contributed by atoms with van der Waals surface area (Å²) in [5.41, 5.74) is 2.34. The zero-order valence-electron chi connectivity index (χ0n) is 9.73. The van der Waals surface area contributed by atoms with Gasteiger partial charge >= 0.3 is 0 Å². The van der Waals surface area contributed by atoms with Crippen LogP contribution < -0.4 is 9.47 Å². The SMILES string of the molecule is COc1ccc(-c2cc(CO)[nH]n2)cc1OC. The topological polar surface area (TPSA) is 67.4 Å². The van der Waals surface area contributed by atoms with Gasteiger partial charge in [0.05, 0.1) is 32.2 Å². The van der Waals surface area contributed by atoms with Gasteiger partial charge in [-0.1, -0.05) is 0 Å². The van der Waals surface area contributed by atoms with Gasteiger partial charge in [-0.15, -0.1) is 0 Å². The summed E-state index contributed by atoms with van der Waals surface area (Å²) in [6.45, 7) is -0.0553. The number of aliphatic hydroxyl groups excluding tert-OH is 1. The van der Waals surface area contributed by atoms with Crippen LogP contribution >= 0.6 is 0 Å². The molecule has 1 heterocycles. The second-order valence-electron chi connectivity index (χ2n) is 3.51. The molecule has 0 aliphatic carbocycles. The summed E-state index contributed by atoms with van der Waals surface area (Å²) in [4.78, 5) is 0. The molecule has 17 heavy (non-hydrogen) atoms. The van der Waals surface area contributed by atoms with Crippen LogP contribution in [-0.2, 0) is 6.61 Å². The number of aliphatic hydroxyl groups is 1. The van der Waals surface area contributed by atoms with E-state index in [0.717, 1.165) is 11.3 Å². The molecule has 2 aromatic rings. The molecule has 0 aliphatic rings. The molecule has 0 radical (unpaired) electrons. The van der Waals surface area contributed by atoms with E-state index >= 15 is 0 Å². The Balaban J connectivity index is 2.38. The minimum Gasteiger partial charge on any atom is -0.493 e. The molecule has 0 aliphatic heterocycles. The lowest BCUT2D eigenvalue weighted by Crippen LogP contribution is -1.90. The van der Waals surface area contributed by atoms with Crippen LogP contribution in [0, 0.1) is 0 Å². The average molecular weight is 234 g/mol. The zero-order valence-corrected chi connectivity index (χ0v) is 9.73. The van der Waals surface area contributed by atoms with Gasteiger partial charge in [-0.25, -0.2) is 0 Å². The number of hydrogen-bond donors (Lipinski definition) is 2. The Morgan fingerprint density at radius 3 is 2.53 bits per heavy atom. The van der Waals surface area contributed by atoms with E-state index in [1.807, 2.05) is 18.2 Å². The minimum atomic E-state index is -0.0553. The van der Waals surface area contributed by atoms with Crippen LogP contribution in [0.15, 0.2) is 24.3 Å². The van der Waals surface area contributed by atoms with Crippen LogP contribution in [-0.4, -0.2) is 29.5 Å². The van der Waals surface area contributed by atoms with Crippen molar-refractivity contribution in [3.8, 4) is 22.8 Å². The maximum Gasteiger partial charge on any atom is 0.161 e. The third kappa shape index (κ3) is 2.24. The van der Waals surface area contributed by atoms with Crippen molar-refractivity contribution >= 4 is 0 Å². The third-order valence-corrected chi connectivity index (χ3v) is 2.48. The molecule has 1 aromatic carbocycles. The van der Waals surface area contributed by atoms with E-state index in [1.165, 1.54) is 0 Å². The third-order valence-electron chi connectivity index (χ3n) is 2.48. The number of methoxy groups -OCH3 is 2. The molecule has 0 unspecified atom stereocenters. The van der Waals surface area contributed by atoms with Crippen molar-refractivity contribution < 1.29 is 14.6 Å². The first-order chi connectivity index (χ1) is 8.28. The Morgan fingerprint density at radius 2 is 1.94 bits per heavy atom. The summed E-state index contributed by atoms with van der Waals surface area (Å²) in [7, 11) is 3.18. The van der Waals surface area contributed by atoms with Gasteiger partial charge in [-0.3, -0.25) is 5.10 Å². The van der Waals surface area contributed by atoms with E-state index < -0.39 is 0 Å². The van der Waals surface area contributed by atoms with Crippen molar-refractivity contribution in [3.63, 3.8) is 0 Å². The molecule has 0 bridgehead atoms. The van der Waals surface area contributed by atoms with Crippen LogP contribution in [0.2, 0.25) is 0 Å². The number of H-pyrrole nitrogens is 1. The van der Waals surface area contributed by atoms with E-state index in [9.17, 15) is 0 Å². The van der Waals surface area contributed by atoms with Gasteiger partial charge in [-0.05, 0) is 24.3 Å². The highest BCUT2D eigenvalue weighted by molar-refractivity contribution is 5.64. The van der Waals surface area contributed by atoms with Crippen molar-refractivity contribution in [1.82, 2.24) is 10.2 Å². The lowest BCUT2D eigenvalue weighted by atomic mass is 10.1. The molecule has 0 fully saturated rings. The largest absolute Gasteiger partial charge is 0.493 e. The highest BCUT2D eigenvalue weighted by Crippen LogP contribution is 2.31. The smallest absolute Gasteiger partial charge is 0.161 e. The van der Waals surface area contributed by atoms with Crippen molar-refractivity contribution in [1.29, 1.82) is 0 Å². The summed E-state index contributed by atoms with van der Waals surface area (Å²) in [5, 5.41) is 15.8. The number of benzene rings is 1. The standard InChI is InChI=1S/C12H14N2O3/c1-16-11-4-3-8(5-12(11)17-2)10-6-9(7-15)13-14-10/h3-6,15H,7H2,1-2H3,(H,13,14). The van der Waals surface area contributed by atoms with Gasteiger partial charge < -0.3 is 14.6 Å². The van der Waals surface area contributed by atoms with Gasteiger partial charge in [0.15, 0.2) is 11.5 Å². The number of aromatic nitrogens is 2. The monoisotopic (exact) mass is 234 g/mol. The Labute approximate surface area is 99.0 Å². The highest BCUT2D eigenvalue weighted by atomic mass is 16.5. The van der Waals surface area contributed by atoms with E-state index in [0.29, 0.717) is 17.2 Å². The molecule has 5 heteroatoms. The van der Waals surface area contributed by atoms with Crippen molar-refractivity contribution in [3.05, 3.63) is 30.0 Å². The maximum absolute atomic E-state index is 8.96. The molecule has 1 aromatic heterocycles. The number of hydrogen-bond acceptors (Lipinski definition) is 4. The number of aromatic amines is 1. The molecular formula is C12H14N2O3. The number of rotatable bonds is 4. The van der Waals surface area contributed by atoms with Gasteiger partial charge in [0.1, 0.15) is 0 Å². The summed E-state index contributed by atoms with van der Waals surface area (Å²) < 4.78 is 10.4. The number of ether oxygens (including phenoxy) is 2. The first-order valence-corrected chi connectivity index (χ1v) is 5.16. The summed E-state index contributed by atoms with van der Waals surface area (Å²) >= 11 is 0. The fraction of sp³-hybridized carbons (Fsp3) is 0.250. The minimum absolute atomic E-state index is 0.0553. The van der Waals surface area contributed by atoms with Crippen LogP contribution in [0.3, 0.4) is 0 Å². The summed E-state index contributed by atoms with van der Waals surface area (Å²) in [5.74, 6) is 1.33. The quantitative estimate of drug-likeness (QED) is 0.843. The molecule has 2 rings (SSSR count). The first-order valence-electron chi connectivity index (χ1n) is 5.16. The van der Waals surface area contributed by atoms with Gasteiger partial charge in [0.2, 0.25) is 0 Å². The van der Waals surface area contributed by atoms with Gasteiger partial charge in [-0.2, -0.15) is 5.10 Å². The average Bonchev–Trinajstić information content (AvgIpc) is 2.86. The Morgan fingerprint density at radius 1 is 1.18 bits per heavy atom. The number of nitrogens with zero attached hydrogens (tertiary/aromatic N) is 1. The Hall–Kier alpha value is -2.01. The molecule has 0 saturated heterocycles. The summed E-state index contributed by atoms with van der Waals surface area (Å²) in [6.07, 6.45) is 0. The van der Waals surface area contributed by atoms with Crippen molar-refractivity contribution in [2.75, 3.05) is 14.2 Å². The lowest BCUT2D eigenvalue weighted by Gasteiger charge is -2.08. The van der Waals surface area contributed by atoms with Crippen LogP contribution in [0.4, 0.5) is 0 Å². The molecule has 0 atom stereocenters. The fourth-order valence-corrected chi connectivity index (χ4v) is 1.59. The molecular weight excluding hydrogens is 220 g/mol. The van der Waals surface area contributed by atoms with Crippen LogP contribution in [0.1, 0.15) is 5.69 Å². The number of nitrogens with one attached hydrogen (secondary N) is 1. The van der Waals surface area contributed by atoms with Crippen molar-refractivity contribution in [2.45, 2.75) is 6.61 Å². The molecule has 2 N–H and O–H groups in total. The Bertz CT molecular complexity index is 508. The molecule has 0 spiro atoms. The highest BCUT2D eigenvalue weighted by Gasteiger charge is 2.08. The predicted molar refractivity (Wildman–Crippen MR) is 63.1 cm³/mol. The van der Waals surface area contributed by atoms with E-state index in [-0.39, 0.29) is 6.61 Å². The second kappa shape index (κ2) is 4.88. The van der Waals surface area contributed by atoms with Crippen LogP contribution in [0.25, 0.3) is 11.3 Å². The molecule has 5 nitrogen and oxygen atoms in total. The van der Waals surface area contributed by atoms with Gasteiger partial charge in [0.25, 0.3) is 0 Å².